The minimum Gasteiger partial charge on any atom is -0.377 e. The molecule has 2 aliphatic heterocycles. The fraction of sp³-hybridized carbons (Fsp3) is 0.571. The highest BCUT2D eigenvalue weighted by Crippen LogP contribution is 2.38. The molecule has 0 aromatic carbocycles. The van der Waals surface area contributed by atoms with Gasteiger partial charge in [0.05, 0.1) is 4.34 Å². The summed E-state index contributed by atoms with van der Waals surface area (Å²) < 4.78 is 35.8. The highest BCUT2D eigenvalue weighted by atomic mass is 35.5. The molecule has 2 atom stereocenters. The van der Waals surface area contributed by atoms with E-state index in [4.69, 9.17) is 16.3 Å². The first-order valence-electron chi connectivity index (χ1n) is 7.69. The summed E-state index contributed by atoms with van der Waals surface area (Å²) in [6.07, 6.45) is 2.26. The molecule has 2 aromatic heterocycles. The monoisotopic (exact) mass is 388 g/mol. The lowest BCUT2D eigenvalue weighted by Crippen LogP contribution is -2.41. The van der Waals surface area contributed by atoms with Gasteiger partial charge in [-0.25, -0.2) is 8.42 Å². The van der Waals surface area contributed by atoms with E-state index in [1.165, 1.54) is 0 Å². The molecule has 0 saturated carbocycles. The van der Waals surface area contributed by atoms with Crippen LogP contribution in [-0.2, 0) is 34.3 Å². The zero-order valence-electron chi connectivity index (χ0n) is 13.1. The van der Waals surface area contributed by atoms with Crippen molar-refractivity contribution in [2.45, 2.75) is 48.7 Å². The molecule has 24 heavy (non-hydrogen) atoms. The summed E-state index contributed by atoms with van der Waals surface area (Å²) in [6, 6.07) is 3.05. The first-order chi connectivity index (χ1) is 11.5. The third-order valence-electron chi connectivity index (χ3n) is 4.62. The van der Waals surface area contributed by atoms with Gasteiger partial charge in [-0.3, -0.25) is 0 Å². The number of methoxy groups -OCH3 is 1. The van der Waals surface area contributed by atoms with Crippen molar-refractivity contribution in [3.05, 3.63) is 28.1 Å². The smallest absolute Gasteiger partial charge is 0.253 e. The average molecular weight is 389 g/mol. The molecule has 2 aliphatic rings. The van der Waals surface area contributed by atoms with Crippen molar-refractivity contribution in [2.24, 2.45) is 0 Å². The highest BCUT2D eigenvalue weighted by molar-refractivity contribution is 7.91. The molecule has 4 heterocycles. The van der Waals surface area contributed by atoms with E-state index < -0.39 is 10.0 Å². The molecule has 1 saturated heterocycles. The Balaban J connectivity index is 1.70. The SMILES string of the molecule is COCc1nnc2n1CC1CCC(C2)N1S(=O)(=O)c1ccc(Cl)s1. The predicted molar refractivity (Wildman–Crippen MR) is 89.6 cm³/mol. The van der Waals surface area contributed by atoms with Gasteiger partial charge in [-0.2, -0.15) is 4.31 Å². The Labute approximate surface area is 149 Å². The summed E-state index contributed by atoms with van der Waals surface area (Å²) in [5.74, 6) is 1.58. The van der Waals surface area contributed by atoms with Crippen LogP contribution in [0.15, 0.2) is 16.3 Å². The molecule has 0 spiro atoms. The van der Waals surface area contributed by atoms with Gasteiger partial charge in [0.15, 0.2) is 5.82 Å². The van der Waals surface area contributed by atoms with Crippen molar-refractivity contribution in [3.63, 3.8) is 0 Å². The normalized spacial score (nSPS) is 24.1. The maximum atomic E-state index is 13.1. The molecule has 10 heteroatoms. The number of nitrogens with zero attached hydrogens (tertiary/aromatic N) is 4. The maximum Gasteiger partial charge on any atom is 0.253 e. The summed E-state index contributed by atoms with van der Waals surface area (Å²) in [5, 5.41) is 8.42. The van der Waals surface area contributed by atoms with Crippen molar-refractivity contribution < 1.29 is 13.2 Å². The van der Waals surface area contributed by atoms with Crippen molar-refractivity contribution in [2.75, 3.05) is 7.11 Å². The van der Waals surface area contributed by atoms with Crippen LogP contribution in [0.2, 0.25) is 4.34 Å². The van der Waals surface area contributed by atoms with Crippen LogP contribution in [0.3, 0.4) is 0 Å². The zero-order chi connectivity index (χ0) is 16.9. The van der Waals surface area contributed by atoms with Crippen LogP contribution < -0.4 is 0 Å². The number of rotatable bonds is 4. The van der Waals surface area contributed by atoms with Gasteiger partial charge in [0.1, 0.15) is 16.6 Å². The molecular weight excluding hydrogens is 372 g/mol. The quantitative estimate of drug-likeness (QED) is 0.799. The molecule has 130 valence electrons. The molecule has 1 fully saturated rings. The molecule has 0 amide bonds. The second-order valence-electron chi connectivity index (χ2n) is 6.06. The lowest BCUT2D eigenvalue weighted by atomic mass is 10.1. The topological polar surface area (TPSA) is 77.3 Å². The average Bonchev–Trinajstić information content (AvgIpc) is 3.19. The number of aromatic nitrogens is 3. The van der Waals surface area contributed by atoms with Crippen LogP contribution in [0, 0.1) is 0 Å². The van der Waals surface area contributed by atoms with Gasteiger partial charge in [-0.1, -0.05) is 11.6 Å². The number of fused-ring (bicyclic) bond motifs is 3. The second-order valence-corrected chi connectivity index (χ2v) is 9.84. The van der Waals surface area contributed by atoms with E-state index in [9.17, 15) is 8.42 Å². The Hall–Kier alpha value is -1.000. The molecule has 0 radical (unpaired) electrons. The number of sulfonamides is 1. The summed E-state index contributed by atoms with van der Waals surface area (Å²) in [5.41, 5.74) is 0. The van der Waals surface area contributed by atoms with E-state index in [0.717, 1.165) is 35.8 Å². The third kappa shape index (κ3) is 2.59. The molecular formula is C14H17ClN4O3S2. The molecule has 0 N–H and O–H groups in total. The van der Waals surface area contributed by atoms with Gasteiger partial charge in [0.25, 0.3) is 10.0 Å². The van der Waals surface area contributed by atoms with Crippen LogP contribution in [0.1, 0.15) is 24.5 Å². The Kier molecular flexibility index (Phi) is 4.16. The molecule has 7 nitrogen and oxygen atoms in total. The fourth-order valence-corrected chi connectivity index (χ4v) is 7.07. The van der Waals surface area contributed by atoms with Crippen LogP contribution >= 0.6 is 22.9 Å². The zero-order valence-corrected chi connectivity index (χ0v) is 15.4. The Morgan fingerprint density at radius 3 is 2.83 bits per heavy atom. The van der Waals surface area contributed by atoms with Crippen LogP contribution in [0.5, 0.6) is 0 Å². The lowest BCUT2D eigenvalue weighted by Gasteiger charge is -2.26. The van der Waals surface area contributed by atoms with Crippen LogP contribution in [0.25, 0.3) is 0 Å². The van der Waals surface area contributed by atoms with Crippen molar-refractivity contribution in [1.82, 2.24) is 19.1 Å². The summed E-state index contributed by atoms with van der Waals surface area (Å²) in [4.78, 5) is 0. The van der Waals surface area contributed by atoms with E-state index in [1.54, 1.807) is 23.5 Å². The second kappa shape index (κ2) is 6.06. The number of hydrogen-bond donors (Lipinski definition) is 0. The first kappa shape index (κ1) is 16.5. The summed E-state index contributed by atoms with van der Waals surface area (Å²) >= 11 is 7.04. The largest absolute Gasteiger partial charge is 0.377 e. The number of halogens is 1. The minimum atomic E-state index is -3.55. The summed E-state index contributed by atoms with van der Waals surface area (Å²) in [6.45, 7) is 0.938. The van der Waals surface area contributed by atoms with Crippen molar-refractivity contribution in [3.8, 4) is 0 Å². The first-order valence-corrected chi connectivity index (χ1v) is 10.3. The van der Waals surface area contributed by atoms with Gasteiger partial charge in [-0.05, 0) is 25.0 Å². The minimum absolute atomic E-state index is 0.0817. The Morgan fingerprint density at radius 2 is 2.12 bits per heavy atom. The van der Waals surface area contributed by atoms with Gasteiger partial charge in [0.2, 0.25) is 0 Å². The van der Waals surface area contributed by atoms with Crippen molar-refractivity contribution >= 4 is 33.0 Å². The molecule has 2 bridgehead atoms. The Morgan fingerprint density at radius 1 is 1.33 bits per heavy atom. The molecule has 2 aromatic rings. The maximum absolute atomic E-state index is 13.1. The molecule has 4 rings (SSSR count). The fourth-order valence-electron chi connectivity index (χ4n) is 3.63. The van der Waals surface area contributed by atoms with E-state index in [1.807, 2.05) is 4.57 Å². The standard InChI is InChI=1S/C14H17ClN4O3S2/c1-22-8-13-17-16-12-6-9-2-3-10(7-18(12)13)19(9)24(20,21)14-5-4-11(15)23-14/h4-5,9-10H,2-3,6-8H2,1H3. The van der Waals surface area contributed by atoms with E-state index in [0.29, 0.717) is 28.1 Å². The number of ether oxygens (including phenoxy) is 1. The summed E-state index contributed by atoms with van der Waals surface area (Å²) in [7, 11) is -1.93. The molecule has 2 unspecified atom stereocenters. The van der Waals surface area contributed by atoms with Gasteiger partial charge < -0.3 is 9.30 Å². The van der Waals surface area contributed by atoms with Gasteiger partial charge >= 0.3 is 0 Å². The van der Waals surface area contributed by atoms with Gasteiger partial charge in [-0.15, -0.1) is 21.5 Å². The lowest BCUT2D eigenvalue weighted by molar-refractivity contribution is 0.172. The van der Waals surface area contributed by atoms with Crippen LogP contribution in [-0.4, -0.2) is 46.7 Å². The van der Waals surface area contributed by atoms with E-state index in [2.05, 4.69) is 10.2 Å². The van der Waals surface area contributed by atoms with Gasteiger partial charge in [0, 0.05) is 32.2 Å². The number of hydrogen-bond acceptors (Lipinski definition) is 6. The molecule has 0 aliphatic carbocycles. The van der Waals surface area contributed by atoms with Crippen molar-refractivity contribution in [1.29, 1.82) is 0 Å². The third-order valence-corrected chi connectivity index (χ3v) is 8.33. The van der Waals surface area contributed by atoms with E-state index in [-0.39, 0.29) is 12.1 Å². The number of thiophene rings is 1. The van der Waals surface area contributed by atoms with Crippen LogP contribution in [0.4, 0.5) is 0 Å². The Bertz CT molecular complexity index is 863. The van der Waals surface area contributed by atoms with E-state index >= 15 is 0 Å². The predicted octanol–water partition coefficient (Wildman–Crippen LogP) is 1.92. The highest BCUT2D eigenvalue weighted by Gasteiger charge is 2.45.